The van der Waals surface area contributed by atoms with Crippen LogP contribution < -0.4 is 5.32 Å². The molecule has 2 unspecified atom stereocenters. The minimum atomic E-state index is -0.0756. The highest BCUT2D eigenvalue weighted by atomic mass is 16.2. The average Bonchev–Trinajstić information content (AvgIpc) is 3.05. The summed E-state index contributed by atoms with van der Waals surface area (Å²) >= 11 is 0. The van der Waals surface area contributed by atoms with Crippen molar-refractivity contribution < 1.29 is 14.1 Å². The van der Waals surface area contributed by atoms with Crippen LogP contribution in [0.5, 0.6) is 0 Å². The highest BCUT2D eigenvalue weighted by Crippen LogP contribution is 2.51. The predicted molar refractivity (Wildman–Crippen MR) is 93.0 cm³/mol. The van der Waals surface area contributed by atoms with E-state index < -0.39 is 0 Å². The third-order valence-electron chi connectivity index (χ3n) is 5.91. The first-order valence-electron chi connectivity index (χ1n) is 9.82. The average molecular weight is 324 g/mol. The van der Waals surface area contributed by atoms with Crippen LogP contribution in [0.2, 0.25) is 0 Å². The maximum absolute atomic E-state index is 12.3. The number of nitrogens with zero attached hydrogens (tertiary/aromatic N) is 1. The van der Waals surface area contributed by atoms with Gasteiger partial charge in [-0.15, -0.1) is 0 Å². The Morgan fingerprint density at radius 2 is 1.39 bits per heavy atom. The third kappa shape index (κ3) is 4.14. The van der Waals surface area contributed by atoms with E-state index in [1.807, 2.05) is 0 Å². The number of amides is 3. The van der Waals surface area contributed by atoms with Gasteiger partial charge in [-0.1, -0.05) is 65.2 Å². The molecule has 0 aromatic carbocycles. The van der Waals surface area contributed by atoms with Crippen molar-refractivity contribution in [3.63, 3.8) is 0 Å². The Balaban J connectivity index is 1.84. The van der Waals surface area contributed by atoms with Gasteiger partial charge in [0.25, 0.3) is 5.91 Å². The molecule has 0 aromatic heterocycles. The van der Waals surface area contributed by atoms with E-state index in [1.165, 1.54) is 64.2 Å². The third-order valence-corrected chi connectivity index (χ3v) is 5.91. The van der Waals surface area contributed by atoms with Crippen LogP contribution in [-0.2, 0) is 4.79 Å². The quantitative estimate of drug-likeness (QED) is 0.248. The number of hydrogen-bond donors (Lipinski definition) is 1. The standard InChI is InChI=1S/C19H34N2O2/c1-3-5-7-9-10-12-14-19(13-11-8-6-4-2)16-21(19)15-17(22)20-18(21)23/h3-16H2,1-2H3/p+1. The molecule has 1 N–H and O–H groups in total. The summed E-state index contributed by atoms with van der Waals surface area (Å²) in [4.78, 5) is 24.0. The van der Waals surface area contributed by atoms with E-state index in [4.69, 9.17) is 0 Å². The Kier molecular flexibility index (Phi) is 6.63. The van der Waals surface area contributed by atoms with Gasteiger partial charge in [-0.05, 0) is 12.8 Å². The maximum Gasteiger partial charge on any atom is 0.424 e. The molecule has 2 rings (SSSR count). The molecule has 2 saturated heterocycles. The number of unbranched alkanes of at least 4 members (excludes halogenated alkanes) is 8. The second-order valence-electron chi connectivity index (χ2n) is 7.69. The summed E-state index contributed by atoms with van der Waals surface area (Å²) in [6.45, 7) is 5.75. The summed E-state index contributed by atoms with van der Waals surface area (Å²) in [5, 5.41) is 2.54. The zero-order valence-corrected chi connectivity index (χ0v) is 15.2. The fourth-order valence-corrected chi connectivity index (χ4v) is 4.39. The van der Waals surface area contributed by atoms with Crippen LogP contribution in [0.4, 0.5) is 4.79 Å². The van der Waals surface area contributed by atoms with E-state index in [1.54, 1.807) is 0 Å². The van der Waals surface area contributed by atoms with Gasteiger partial charge in [0.15, 0.2) is 12.1 Å². The Hall–Kier alpha value is -0.900. The van der Waals surface area contributed by atoms with Crippen molar-refractivity contribution in [1.29, 1.82) is 0 Å². The van der Waals surface area contributed by atoms with Crippen molar-refractivity contribution in [3.8, 4) is 0 Å². The highest BCUT2D eigenvalue weighted by Gasteiger charge is 2.75. The molecule has 4 nitrogen and oxygen atoms in total. The van der Waals surface area contributed by atoms with Gasteiger partial charge in [0.05, 0.1) is 0 Å². The van der Waals surface area contributed by atoms with Crippen molar-refractivity contribution in [2.45, 2.75) is 96.4 Å². The molecule has 4 heteroatoms. The van der Waals surface area contributed by atoms with Crippen molar-refractivity contribution in [2.24, 2.45) is 0 Å². The van der Waals surface area contributed by atoms with Crippen molar-refractivity contribution in [3.05, 3.63) is 0 Å². The van der Waals surface area contributed by atoms with Crippen LogP contribution in [0.3, 0.4) is 0 Å². The Labute approximate surface area is 141 Å². The maximum atomic E-state index is 12.3. The molecule has 2 heterocycles. The minimum Gasteiger partial charge on any atom is -0.268 e. The fourth-order valence-electron chi connectivity index (χ4n) is 4.39. The van der Waals surface area contributed by atoms with Crippen molar-refractivity contribution in [2.75, 3.05) is 13.1 Å². The Morgan fingerprint density at radius 1 is 0.870 bits per heavy atom. The fraction of sp³-hybridized carbons (Fsp3) is 0.895. The second-order valence-corrected chi connectivity index (χ2v) is 7.69. The summed E-state index contributed by atoms with van der Waals surface area (Å²) in [5.74, 6) is -0.0756. The monoisotopic (exact) mass is 323 g/mol. The molecule has 3 amide bonds. The summed E-state index contributed by atoms with van der Waals surface area (Å²) in [6, 6.07) is -0.0310. The number of imide groups is 1. The number of nitrogens with one attached hydrogen (secondary N) is 1. The minimum absolute atomic E-state index is 0.0310. The lowest BCUT2D eigenvalue weighted by Gasteiger charge is -2.18. The molecule has 23 heavy (non-hydrogen) atoms. The molecule has 0 saturated carbocycles. The lowest BCUT2D eigenvalue weighted by molar-refractivity contribution is -0.731. The molecule has 2 aliphatic heterocycles. The van der Waals surface area contributed by atoms with E-state index in [0.29, 0.717) is 11.0 Å². The Bertz CT molecular complexity index is 424. The van der Waals surface area contributed by atoms with Crippen molar-refractivity contribution >= 4 is 11.9 Å². The number of carbonyl (C=O) groups excluding carboxylic acids is 2. The van der Waals surface area contributed by atoms with E-state index in [-0.39, 0.29) is 17.5 Å². The first-order valence-corrected chi connectivity index (χ1v) is 9.82. The predicted octanol–water partition coefficient (Wildman–Crippen LogP) is 4.53. The van der Waals surface area contributed by atoms with E-state index in [9.17, 15) is 9.59 Å². The Morgan fingerprint density at radius 3 is 1.91 bits per heavy atom. The molecule has 132 valence electrons. The first-order chi connectivity index (χ1) is 11.1. The number of carbonyl (C=O) groups is 2. The molecule has 0 radical (unpaired) electrons. The molecular weight excluding hydrogens is 288 g/mol. The van der Waals surface area contributed by atoms with Crippen LogP contribution >= 0.6 is 0 Å². The van der Waals surface area contributed by atoms with Gasteiger partial charge in [-0.2, -0.15) is 0 Å². The van der Waals surface area contributed by atoms with Gasteiger partial charge in [-0.25, -0.2) is 14.6 Å². The zero-order valence-electron chi connectivity index (χ0n) is 15.2. The second kappa shape index (κ2) is 8.27. The van der Waals surface area contributed by atoms with E-state index >= 15 is 0 Å². The smallest absolute Gasteiger partial charge is 0.268 e. The molecule has 0 bridgehead atoms. The van der Waals surface area contributed by atoms with Crippen LogP contribution in [0.15, 0.2) is 0 Å². The van der Waals surface area contributed by atoms with E-state index in [2.05, 4.69) is 19.2 Å². The summed E-state index contributed by atoms with van der Waals surface area (Å²) in [7, 11) is 0. The number of urea groups is 1. The SMILES string of the molecule is CCCCCCCCC1(CCCCCC)C[N+]12CC(=O)NC2=O. The number of hydrogen-bond acceptors (Lipinski definition) is 2. The molecule has 0 aromatic rings. The van der Waals surface area contributed by atoms with Crippen LogP contribution in [0.25, 0.3) is 0 Å². The van der Waals surface area contributed by atoms with Gasteiger partial charge < -0.3 is 0 Å². The topological polar surface area (TPSA) is 46.2 Å². The van der Waals surface area contributed by atoms with Crippen LogP contribution in [0.1, 0.15) is 90.9 Å². The van der Waals surface area contributed by atoms with Crippen molar-refractivity contribution in [1.82, 2.24) is 5.32 Å². The molecule has 1 spiro atoms. The molecular formula is C19H35N2O2+. The van der Waals surface area contributed by atoms with Gasteiger partial charge >= 0.3 is 6.03 Å². The van der Waals surface area contributed by atoms with Gasteiger partial charge in [0.1, 0.15) is 6.54 Å². The van der Waals surface area contributed by atoms with Gasteiger partial charge in [-0.3, -0.25) is 4.79 Å². The lowest BCUT2D eigenvalue weighted by atomic mass is 9.93. The lowest BCUT2D eigenvalue weighted by Crippen LogP contribution is -2.39. The number of rotatable bonds is 12. The molecule has 2 fully saturated rings. The number of quaternary nitrogens is 1. The zero-order chi connectivity index (χ0) is 16.8. The van der Waals surface area contributed by atoms with Gasteiger partial charge in [0, 0.05) is 12.8 Å². The summed E-state index contributed by atoms with van der Waals surface area (Å²) in [5.41, 5.74) is 0.0781. The summed E-state index contributed by atoms with van der Waals surface area (Å²) < 4.78 is 0.424. The molecule has 2 atom stereocenters. The first kappa shape index (κ1) is 18.4. The van der Waals surface area contributed by atoms with Crippen LogP contribution in [-0.4, -0.2) is 35.0 Å². The van der Waals surface area contributed by atoms with Crippen LogP contribution in [0, 0.1) is 0 Å². The summed E-state index contributed by atoms with van der Waals surface area (Å²) in [6.07, 6.45) is 14.9. The highest BCUT2D eigenvalue weighted by molar-refractivity contribution is 5.98. The van der Waals surface area contributed by atoms with Gasteiger partial charge in [0.2, 0.25) is 0 Å². The normalized spacial score (nSPS) is 29.3. The van der Waals surface area contributed by atoms with E-state index in [0.717, 1.165) is 19.4 Å². The largest absolute Gasteiger partial charge is 0.424 e. The molecule has 2 aliphatic rings. The molecule has 0 aliphatic carbocycles.